The smallest absolute Gasteiger partial charge is 0.309 e. The van der Waals surface area contributed by atoms with Crippen molar-refractivity contribution in [1.29, 1.82) is 0 Å². The first-order valence-corrected chi connectivity index (χ1v) is 21.3. The summed E-state index contributed by atoms with van der Waals surface area (Å²) in [6, 6.07) is 1.17. The number of ether oxygens (including phenoxy) is 1. The van der Waals surface area contributed by atoms with E-state index in [-0.39, 0.29) is 29.3 Å². The van der Waals surface area contributed by atoms with Gasteiger partial charge in [-0.15, -0.1) is 0 Å². The number of sulfonamides is 2. The number of methoxy groups -OCH3 is 1. The summed E-state index contributed by atoms with van der Waals surface area (Å²) in [6.07, 6.45) is 7.37. The van der Waals surface area contributed by atoms with Crippen LogP contribution in [-0.4, -0.2) is 69.0 Å². The first-order chi connectivity index (χ1) is 14.9. The Morgan fingerprint density at radius 3 is 1.91 bits per heavy atom. The summed E-state index contributed by atoms with van der Waals surface area (Å²) in [5, 5.41) is 0. The first kappa shape index (κ1) is 29.4. The lowest BCUT2D eigenvalue weighted by Crippen LogP contribution is -2.24. The highest BCUT2D eigenvalue weighted by Crippen LogP contribution is 2.17. The zero-order valence-corrected chi connectivity index (χ0v) is 24.2. The molecule has 0 amide bonds. The van der Waals surface area contributed by atoms with Gasteiger partial charge in [0.1, 0.15) is 0 Å². The lowest BCUT2D eigenvalue weighted by molar-refractivity contribution is -0.139. The van der Waals surface area contributed by atoms with Gasteiger partial charge in [0.2, 0.25) is 0 Å². The molecule has 0 saturated heterocycles. The first-order valence-electron chi connectivity index (χ1n) is 10.7. The molecular formula is C21H36N2O6S2Si2. The predicted molar refractivity (Wildman–Crippen MR) is 142 cm³/mol. The Bertz CT molecular complexity index is 1090. The van der Waals surface area contributed by atoms with Crippen molar-refractivity contribution in [3.8, 4) is 0 Å². The maximum atomic E-state index is 12.6. The molecule has 0 saturated carbocycles. The van der Waals surface area contributed by atoms with Crippen LogP contribution in [0.25, 0.3) is 0 Å². The normalized spacial score (nSPS) is 18.2. The summed E-state index contributed by atoms with van der Waals surface area (Å²) < 4.78 is 62.5. The maximum absolute atomic E-state index is 12.6. The Balaban J connectivity index is 3.28. The van der Waals surface area contributed by atoms with Crippen molar-refractivity contribution in [2.75, 3.05) is 18.6 Å². The molecule has 0 N–H and O–H groups in total. The molecule has 0 heterocycles. The van der Waals surface area contributed by atoms with Gasteiger partial charge in [-0.3, -0.25) is 4.79 Å². The molecule has 0 fully saturated rings. The third-order valence-corrected chi connectivity index (χ3v) is 11.2. The Hall–Kier alpha value is -1.64. The summed E-state index contributed by atoms with van der Waals surface area (Å²) in [7, 11) is -9.26. The molecule has 0 aromatic heterocycles. The fourth-order valence-corrected chi connectivity index (χ4v) is 10.5. The van der Waals surface area contributed by atoms with E-state index in [1.54, 1.807) is 0 Å². The second-order valence-corrected chi connectivity index (χ2v) is 25.1. The monoisotopic (exact) mass is 532 g/mol. The van der Waals surface area contributed by atoms with Gasteiger partial charge in [-0.1, -0.05) is 51.4 Å². The number of hydrogen-bond acceptors (Lipinski definition) is 6. The second kappa shape index (κ2) is 11.7. The molecule has 0 aromatic carbocycles. The van der Waals surface area contributed by atoms with E-state index < -0.39 is 42.2 Å². The minimum atomic E-state index is -3.72. The number of esters is 1. The lowest BCUT2D eigenvalue weighted by atomic mass is 10.0. The van der Waals surface area contributed by atoms with Crippen LogP contribution < -0.4 is 0 Å². The zero-order valence-electron chi connectivity index (χ0n) is 20.6. The molecule has 0 spiro atoms. The van der Waals surface area contributed by atoms with Crippen molar-refractivity contribution in [2.45, 2.75) is 57.8 Å². The van der Waals surface area contributed by atoms with Crippen LogP contribution in [0.4, 0.5) is 0 Å². The summed E-state index contributed by atoms with van der Waals surface area (Å²) in [4.78, 5) is 11.4. The van der Waals surface area contributed by atoms with E-state index in [4.69, 9.17) is 0 Å². The molecule has 0 aliphatic heterocycles. The van der Waals surface area contributed by atoms with Gasteiger partial charge >= 0.3 is 5.97 Å². The second-order valence-electron chi connectivity index (χ2n) is 10.3. The zero-order chi connectivity index (χ0) is 25.5. The Morgan fingerprint density at radius 1 is 0.909 bits per heavy atom. The molecule has 1 aliphatic carbocycles. The quantitative estimate of drug-likeness (QED) is 0.227. The van der Waals surface area contributed by atoms with Gasteiger partial charge in [-0.25, -0.2) is 16.8 Å². The molecule has 0 unspecified atom stereocenters. The minimum absolute atomic E-state index is 0.0196. The number of carbonyl (C=O) groups is 1. The highest BCUT2D eigenvalue weighted by Gasteiger charge is 2.21. The fourth-order valence-electron chi connectivity index (χ4n) is 2.45. The fraction of sp³-hybridized carbons (Fsp3) is 0.571. The van der Waals surface area contributed by atoms with Crippen molar-refractivity contribution in [2.24, 2.45) is 8.80 Å². The Morgan fingerprint density at radius 2 is 1.42 bits per heavy atom. The summed E-state index contributed by atoms with van der Waals surface area (Å²) in [5.74, 6) is -0.541. The van der Waals surface area contributed by atoms with Crippen LogP contribution >= 0.6 is 0 Å². The number of nitrogens with zero attached hydrogens (tertiary/aromatic N) is 2. The van der Waals surface area contributed by atoms with Crippen molar-refractivity contribution in [1.82, 2.24) is 0 Å². The molecule has 0 bridgehead atoms. The number of rotatable bonds is 11. The van der Waals surface area contributed by atoms with Gasteiger partial charge < -0.3 is 4.74 Å². The topological polar surface area (TPSA) is 119 Å². The van der Waals surface area contributed by atoms with Crippen LogP contribution in [0.3, 0.4) is 0 Å². The molecule has 12 heteroatoms. The highest BCUT2D eigenvalue weighted by atomic mass is 32.2. The molecule has 33 heavy (non-hydrogen) atoms. The Kier molecular flexibility index (Phi) is 10.4. The van der Waals surface area contributed by atoms with Crippen molar-refractivity contribution >= 4 is 53.6 Å². The molecule has 0 atom stereocenters. The summed E-state index contributed by atoms with van der Waals surface area (Å²) in [5.41, 5.74) is 0.712. The van der Waals surface area contributed by atoms with Crippen LogP contribution in [0.5, 0.6) is 0 Å². The highest BCUT2D eigenvalue weighted by molar-refractivity contribution is 7.90. The third kappa shape index (κ3) is 13.0. The van der Waals surface area contributed by atoms with E-state index in [2.05, 4.69) is 52.8 Å². The maximum Gasteiger partial charge on any atom is 0.309 e. The molecule has 1 rings (SSSR count). The number of allylic oxidation sites excluding steroid dienone is 5. The van der Waals surface area contributed by atoms with E-state index in [1.165, 1.54) is 37.5 Å². The third-order valence-electron chi connectivity index (χ3n) is 4.52. The van der Waals surface area contributed by atoms with Gasteiger partial charge in [-0.2, -0.15) is 8.80 Å². The van der Waals surface area contributed by atoms with Crippen LogP contribution in [0.2, 0.25) is 51.4 Å². The molecule has 0 aromatic rings. The van der Waals surface area contributed by atoms with E-state index in [0.717, 1.165) is 0 Å². The average molecular weight is 533 g/mol. The molecule has 8 nitrogen and oxygen atoms in total. The SMILES string of the molecule is COC(=O)C/C=C/C1=CC(=N\S(=O)(=O)CC[Si](C)(C)C)/C=CC/1=N\S(=O)(=O)CC[Si](C)(C)C. The summed E-state index contributed by atoms with van der Waals surface area (Å²) >= 11 is 0. The predicted octanol–water partition coefficient (Wildman–Crippen LogP) is 3.82. The van der Waals surface area contributed by atoms with E-state index in [0.29, 0.717) is 17.7 Å². The van der Waals surface area contributed by atoms with Gasteiger partial charge in [0.25, 0.3) is 20.0 Å². The lowest BCUT2D eigenvalue weighted by Gasteiger charge is -2.15. The standard InChI is InChI=1S/C21H36N2O6S2Si2/c1-29-21(24)10-8-9-18-17-19(22-30(25,26)13-15-32(2,3)4)11-12-20(18)23-31(27,28)14-16-33(5,6)7/h8-9,11-12,17H,10,13-16H2,1-7H3/b9-8+,22-19-,23-20+. The average Bonchev–Trinajstić information content (AvgIpc) is 2.65. The van der Waals surface area contributed by atoms with E-state index in [1.807, 2.05) is 0 Å². The van der Waals surface area contributed by atoms with Gasteiger partial charge in [0.15, 0.2) is 0 Å². The Labute approximate surface area is 200 Å². The van der Waals surface area contributed by atoms with Crippen LogP contribution in [0.15, 0.2) is 44.7 Å². The largest absolute Gasteiger partial charge is 0.469 e. The van der Waals surface area contributed by atoms with Crippen molar-refractivity contribution in [3.63, 3.8) is 0 Å². The van der Waals surface area contributed by atoms with Crippen LogP contribution in [0, 0.1) is 0 Å². The van der Waals surface area contributed by atoms with Gasteiger partial charge in [0, 0.05) is 21.7 Å². The van der Waals surface area contributed by atoms with Crippen molar-refractivity contribution < 1.29 is 26.4 Å². The molecule has 1 aliphatic rings. The van der Waals surface area contributed by atoms with Crippen LogP contribution in [-0.2, 0) is 29.6 Å². The number of carbonyl (C=O) groups excluding carboxylic acids is 1. The van der Waals surface area contributed by atoms with E-state index in [9.17, 15) is 21.6 Å². The molecule has 0 radical (unpaired) electrons. The van der Waals surface area contributed by atoms with Crippen molar-refractivity contribution in [3.05, 3.63) is 36.0 Å². The van der Waals surface area contributed by atoms with E-state index >= 15 is 0 Å². The molecule has 186 valence electrons. The van der Waals surface area contributed by atoms with Gasteiger partial charge in [-0.05, 0) is 30.3 Å². The minimum Gasteiger partial charge on any atom is -0.469 e. The summed E-state index contributed by atoms with van der Waals surface area (Å²) in [6.45, 7) is 12.5. The molecular weight excluding hydrogens is 497 g/mol. The number of hydrogen-bond donors (Lipinski definition) is 0. The van der Waals surface area contributed by atoms with Crippen LogP contribution in [0.1, 0.15) is 6.42 Å². The van der Waals surface area contributed by atoms with Gasteiger partial charge in [0.05, 0.1) is 36.5 Å².